The molecular formula is C8H14N2O. The van der Waals surface area contributed by atoms with Crippen molar-refractivity contribution in [1.82, 2.24) is 9.78 Å². The molecular weight excluding hydrogens is 140 g/mol. The van der Waals surface area contributed by atoms with Crippen LogP contribution in [-0.4, -0.2) is 9.78 Å². The highest BCUT2D eigenvalue weighted by atomic mass is 16.1. The third kappa shape index (κ3) is 1.53. The van der Waals surface area contributed by atoms with Crippen molar-refractivity contribution in [2.45, 2.75) is 26.2 Å². The summed E-state index contributed by atoms with van der Waals surface area (Å²) in [6.07, 6.45) is 0. The molecule has 1 aromatic rings. The second kappa shape index (κ2) is 2.26. The van der Waals surface area contributed by atoms with Gasteiger partial charge in [0.2, 0.25) is 0 Å². The van der Waals surface area contributed by atoms with E-state index in [2.05, 4.69) is 25.9 Å². The molecule has 0 fully saturated rings. The fourth-order valence-electron chi connectivity index (χ4n) is 1.20. The molecule has 11 heavy (non-hydrogen) atoms. The van der Waals surface area contributed by atoms with Crippen LogP contribution in [0, 0.1) is 0 Å². The van der Waals surface area contributed by atoms with Crippen molar-refractivity contribution in [2.75, 3.05) is 0 Å². The zero-order chi connectivity index (χ0) is 8.65. The fourth-order valence-corrected chi connectivity index (χ4v) is 1.20. The monoisotopic (exact) mass is 154 g/mol. The predicted octanol–water partition coefficient (Wildman–Crippen LogP) is 1.01. The molecule has 0 bridgehead atoms. The first kappa shape index (κ1) is 8.11. The highest BCUT2D eigenvalue weighted by Gasteiger charge is 2.17. The third-order valence-electron chi connectivity index (χ3n) is 1.68. The summed E-state index contributed by atoms with van der Waals surface area (Å²) >= 11 is 0. The van der Waals surface area contributed by atoms with Crippen molar-refractivity contribution < 1.29 is 0 Å². The lowest BCUT2D eigenvalue weighted by molar-refractivity contribution is 0.522. The van der Waals surface area contributed by atoms with Crippen molar-refractivity contribution in [2.24, 2.45) is 7.05 Å². The Morgan fingerprint density at radius 2 is 2.00 bits per heavy atom. The van der Waals surface area contributed by atoms with Gasteiger partial charge < -0.3 is 0 Å². The molecule has 1 aromatic heterocycles. The second-order valence-corrected chi connectivity index (χ2v) is 3.81. The lowest BCUT2D eigenvalue weighted by Gasteiger charge is -2.18. The van der Waals surface area contributed by atoms with Crippen LogP contribution in [0.3, 0.4) is 0 Å². The highest BCUT2D eigenvalue weighted by molar-refractivity contribution is 5.11. The first-order valence-electron chi connectivity index (χ1n) is 3.68. The van der Waals surface area contributed by atoms with Gasteiger partial charge in [0.25, 0.3) is 5.56 Å². The maximum Gasteiger partial charge on any atom is 0.264 e. The van der Waals surface area contributed by atoms with Crippen molar-refractivity contribution in [3.05, 3.63) is 22.1 Å². The van der Waals surface area contributed by atoms with Crippen LogP contribution >= 0.6 is 0 Å². The summed E-state index contributed by atoms with van der Waals surface area (Å²) < 4.78 is 1.77. The molecule has 0 atom stereocenters. The quantitative estimate of drug-likeness (QED) is 0.595. The smallest absolute Gasteiger partial charge is 0.264 e. The molecule has 0 aliphatic carbocycles. The molecule has 0 spiro atoms. The molecule has 0 aliphatic heterocycles. The van der Waals surface area contributed by atoms with E-state index in [1.165, 1.54) is 0 Å². The molecule has 0 aromatic carbocycles. The molecule has 3 nitrogen and oxygen atoms in total. The second-order valence-electron chi connectivity index (χ2n) is 3.81. The zero-order valence-electron chi connectivity index (χ0n) is 7.43. The molecule has 62 valence electrons. The van der Waals surface area contributed by atoms with Crippen LogP contribution in [0.4, 0.5) is 0 Å². The molecule has 0 radical (unpaired) electrons. The summed E-state index contributed by atoms with van der Waals surface area (Å²) in [5, 5.41) is 2.68. The van der Waals surface area contributed by atoms with E-state index in [-0.39, 0.29) is 11.0 Å². The van der Waals surface area contributed by atoms with Gasteiger partial charge in [-0.25, -0.2) is 0 Å². The molecule has 3 heteroatoms. The normalized spacial score (nSPS) is 12.0. The zero-order valence-corrected chi connectivity index (χ0v) is 7.43. The van der Waals surface area contributed by atoms with Gasteiger partial charge in [0.15, 0.2) is 0 Å². The number of nitrogens with zero attached hydrogens (tertiary/aromatic N) is 1. The maximum absolute atomic E-state index is 10.9. The first-order chi connectivity index (χ1) is 4.91. The largest absolute Gasteiger partial charge is 0.292 e. The van der Waals surface area contributed by atoms with Crippen LogP contribution in [0.1, 0.15) is 26.5 Å². The van der Waals surface area contributed by atoms with Gasteiger partial charge >= 0.3 is 0 Å². The van der Waals surface area contributed by atoms with Gasteiger partial charge in [-0.05, 0) is 0 Å². The van der Waals surface area contributed by atoms with Crippen molar-refractivity contribution in [1.29, 1.82) is 0 Å². The average Bonchev–Trinajstić information content (AvgIpc) is 2.08. The van der Waals surface area contributed by atoms with Crippen LogP contribution in [0.2, 0.25) is 0 Å². The molecule has 0 unspecified atom stereocenters. The van der Waals surface area contributed by atoms with Gasteiger partial charge in [-0.1, -0.05) is 20.8 Å². The van der Waals surface area contributed by atoms with Crippen LogP contribution in [0.5, 0.6) is 0 Å². The lowest BCUT2D eigenvalue weighted by atomic mass is 9.92. The van der Waals surface area contributed by atoms with E-state index >= 15 is 0 Å². The highest BCUT2D eigenvalue weighted by Crippen LogP contribution is 2.18. The minimum Gasteiger partial charge on any atom is -0.292 e. The molecule has 1 N–H and O–H groups in total. The first-order valence-corrected chi connectivity index (χ1v) is 3.68. The van der Waals surface area contributed by atoms with Crippen LogP contribution in [0.15, 0.2) is 10.9 Å². The molecule has 1 heterocycles. The lowest BCUT2D eigenvalue weighted by Crippen LogP contribution is -2.16. The van der Waals surface area contributed by atoms with E-state index < -0.39 is 0 Å². The van der Waals surface area contributed by atoms with Crippen molar-refractivity contribution in [3.8, 4) is 0 Å². The van der Waals surface area contributed by atoms with Crippen molar-refractivity contribution >= 4 is 0 Å². The van der Waals surface area contributed by atoms with Gasteiger partial charge in [-0.3, -0.25) is 14.6 Å². The molecule has 0 saturated heterocycles. The molecule has 0 saturated carbocycles. The van der Waals surface area contributed by atoms with Gasteiger partial charge in [0.1, 0.15) is 0 Å². The third-order valence-corrected chi connectivity index (χ3v) is 1.68. The number of aromatic nitrogens is 2. The van der Waals surface area contributed by atoms with E-state index in [1.54, 1.807) is 10.7 Å². The maximum atomic E-state index is 10.9. The summed E-state index contributed by atoms with van der Waals surface area (Å²) in [6, 6.07) is 1.64. The minimum atomic E-state index is -0.0302. The number of aryl methyl sites for hydroxylation is 1. The van der Waals surface area contributed by atoms with E-state index in [4.69, 9.17) is 0 Å². The summed E-state index contributed by atoms with van der Waals surface area (Å²) in [4.78, 5) is 10.9. The Labute approximate surface area is 66.0 Å². The van der Waals surface area contributed by atoms with Gasteiger partial charge in [-0.2, -0.15) is 0 Å². The van der Waals surface area contributed by atoms with Crippen LogP contribution in [-0.2, 0) is 12.5 Å². The Morgan fingerprint density at radius 3 is 2.18 bits per heavy atom. The SMILES string of the molecule is Cn1[nH]c(=O)cc1C(C)(C)C. The van der Waals surface area contributed by atoms with E-state index in [0.717, 1.165) is 5.69 Å². The standard InChI is InChI=1S/C8H14N2O/c1-8(2,3)6-5-7(11)9-10(6)4/h5H,1-4H3,(H,9,11). The Hall–Kier alpha value is -0.990. The number of hydrogen-bond acceptors (Lipinski definition) is 1. The number of hydrogen-bond donors (Lipinski definition) is 1. The Balaban J connectivity index is 3.24. The molecule has 1 rings (SSSR count). The van der Waals surface area contributed by atoms with Gasteiger partial charge in [0, 0.05) is 24.2 Å². The van der Waals surface area contributed by atoms with Gasteiger partial charge in [-0.15, -0.1) is 0 Å². The van der Waals surface area contributed by atoms with E-state index in [1.807, 2.05) is 7.05 Å². The van der Waals surface area contributed by atoms with Gasteiger partial charge in [0.05, 0.1) is 0 Å². The summed E-state index contributed by atoms with van der Waals surface area (Å²) in [5.41, 5.74) is 1.04. The van der Waals surface area contributed by atoms with E-state index in [9.17, 15) is 4.79 Å². The number of aromatic amines is 1. The average molecular weight is 154 g/mol. The Morgan fingerprint density at radius 1 is 1.45 bits per heavy atom. The summed E-state index contributed by atoms with van der Waals surface area (Å²) in [6.45, 7) is 6.24. The number of rotatable bonds is 0. The Bertz CT molecular complexity index is 301. The van der Waals surface area contributed by atoms with Crippen LogP contribution < -0.4 is 5.56 Å². The minimum absolute atomic E-state index is 0.0302. The Kier molecular flexibility index (Phi) is 1.66. The van der Waals surface area contributed by atoms with Crippen LogP contribution in [0.25, 0.3) is 0 Å². The molecule has 0 amide bonds. The van der Waals surface area contributed by atoms with E-state index in [0.29, 0.717) is 0 Å². The predicted molar refractivity (Wildman–Crippen MR) is 44.7 cm³/mol. The number of H-pyrrole nitrogens is 1. The summed E-state index contributed by atoms with van der Waals surface area (Å²) in [7, 11) is 1.85. The molecule has 0 aliphatic rings. The topological polar surface area (TPSA) is 37.8 Å². The fraction of sp³-hybridized carbons (Fsp3) is 0.625. The van der Waals surface area contributed by atoms with Crippen molar-refractivity contribution in [3.63, 3.8) is 0 Å². The summed E-state index contributed by atoms with van der Waals surface area (Å²) in [5.74, 6) is 0. The number of nitrogens with one attached hydrogen (secondary N) is 1.